The van der Waals surface area contributed by atoms with Crippen LogP contribution in [-0.4, -0.2) is 25.2 Å². The predicted molar refractivity (Wildman–Crippen MR) is 115 cm³/mol. The summed E-state index contributed by atoms with van der Waals surface area (Å²) in [4.78, 5) is 12.5. The van der Waals surface area contributed by atoms with Crippen molar-refractivity contribution >= 4 is 33.2 Å². The average molecular weight is 465 g/mol. The first-order valence-corrected chi connectivity index (χ1v) is 11.0. The molecule has 0 saturated carbocycles. The number of hydrogen-bond acceptors (Lipinski definition) is 3. The van der Waals surface area contributed by atoms with Crippen LogP contribution >= 0.6 is 11.6 Å². The molecule has 1 N–H and O–H groups in total. The van der Waals surface area contributed by atoms with Crippen molar-refractivity contribution in [3.05, 3.63) is 94.5 Å². The number of amides is 1. The molecule has 0 aromatic heterocycles. The van der Waals surface area contributed by atoms with E-state index in [0.717, 1.165) is 27.6 Å². The maximum absolute atomic E-state index is 13.4. The highest BCUT2D eigenvalue weighted by Crippen LogP contribution is 2.22. The molecule has 3 aromatic carbocycles. The van der Waals surface area contributed by atoms with Gasteiger partial charge in [0.05, 0.1) is 11.4 Å². The molecule has 0 spiro atoms. The summed E-state index contributed by atoms with van der Waals surface area (Å²) in [5, 5.41) is 2.78. The van der Waals surface area contributed by atoms with Gasteiger partial charge in [-0.2, -0.15) is 4.31 Å². The van der Waals surface area contributed by atoms with Crippen molar-refractivity contribution in [2.45, 2.75) is 18.4 Å². The maximum Gasteiger partial charge on any atom is 0.243 e. The lowest BCUT2D eigenvalue weighted by Gasteiger charge is -2.23. The standard InChI is InChI=1S/C22H19ClF2N2O3S/c1-15-4-2-3-5-16(15)13-27(31(29,30)19-9-6-17(23)7-10-19)14-22(28)26-18-8-11-20(24)21(25)12-18/h2-12H,13-14H2,1H3,(H,26,28). The molecule has 0 radical (unpaired) electrons. The number of hydrogen-bond donors (Lipinski definition) is 1. The Morgan fingerprint density at radius 3 is 2.32 bits per heavy atom. The average Bonchev–Trinajstić information content (AvgIpc) is 2.72. The second kappa shape index (κ2) is 9.55. The molecule has 0 aliphatic heterocycles. The number of aryl methyl sites for hydroxylation is 1. The number of rotatable bonds is 7. The van der Waals surface area contributed by atoms with E-state index in [-0.39, 0.29) is 17.1 Å². The van der Waals surface area contributed by atoms with Gasteiger partial charge in [-0.25, -0.2) is 17.2 Å². The maximum atomic E-state index is 13.4. The van der Waals surface area contributed by atoms with E-state index in [0.29, 0.717) is 5.02 Å². The van der Waals surface area contributed by atoms with E-state index in [1.54, 1.807) is 12.1 Å². The minimum atomic E-state index is -4.06. The third kappa shape index (κ3) is 5.66. The highest BCUT2D eigenvalue weighted by atomic mass is 35.5. The van der Waals surface area contributed by atoms with Gasteiger partial charge in [0, 0.05) is 23.3 Å². The smallest absolute Gasteiger partial charge is 0.243 e. The van der Waals surface area contributed by atoms with E-state index in [1.807, 2.05) is 19.1 Å². The van der Waals surface area contributed by atoms with Gasteiger partial charge in [0.2, 0.25) is 15.9 Å². The number of anilines is 1. The highest BCUT2D eigenvalue weighted by molar-refractivity contribution is 7.89. The van der Waals surface area contributed by atoms with Crippen molar-refractivity contribution in [2.24, 2.45) is 0 Å². The van der Waals surface area contributed by atoms with Crippen LogP contribution in [0.3, 0.4) is 0 Å². The zero-order valence-electron chi connectivity index (χ0n) is 16.5. The Bertz CT molecular complexity index is 1200. The second-order valence-corrected chi connectivity index (χ2v) is 9.20. The summed E-state index contributed by atoms with van der Waals surface area (Å²) in [6.07, 6.45) is 0. The number of nitrogens with zero attached hydrogens (tertiary/aromatic N) is 1. The van der Waals surface area contributed by atoms with Crippen LogP contribution in [0.2, 0.25) is 5.02 Å². The minimum Gasteiger partial charge on any atom is -0.325 e. The van der Waals surface area contributed by atoms with Crippen LogP contribution in [0, 0.1) is 18.6 Å². The molecule has 0 saturated heterocycles. The third-order valence-corrected chi connectivity index (χ3v) is 6.64. The molecule has 0 unspecified atom stereocenters. The SMILES string of the molecule is Cc1ccccc1CN(CC(=O)Nc1ccc(F)c(F)c1)S(=O)(=O)c1ccc(Cl)cc1. The normalized spacial score (nSPS) is 11.5. The molecule has 162 valence electrons. The summed E-state index contributed by atoms with van der Waals surface area (Å²) in [6.45, 7) is 1.25. The van der Waals surface area contributed by atoms with Crippen LogP contribution in [0.5, 0.6) is 0 Å². The largest absolute Gasteiger partial charge is 0.325 e. The minimum absolute atomic E-state index is 0.0173. The molecule has 9 heteroatoms. The van der Waals surface area contributed by atoms with Crippen LogP contribution in [-0.2, 0) is 21.4 Å². The van der Waals surface area contributed by atoms with Gasteiger partial charge < -0.3 is 5.32 Å². The zero-order chi connectivity index (χ0) is 22.6. The lowest BCUT2D eigenvalue weighted by Crippen LogP contribution is -2.37. The zero-order valence-corrected chi connectivity index (χ0v) is 18.1. The quantitative estimate of drug-likeness (QED) is 0.548. The first-order valence-electron chi connectivity index (χ1n) is 9.22. The van der Waals surface area contributed by atoms with E-state index in [9.17, 15) is 22.0 Å². The molecular weight excluding hydrogens is 446 g/mol. The van der Waals surface area contributed by atoms with Gasteiger partial charge in [-0.1, -0.05) is 35.9 Å². The number of benzene rings is 3. The molecule has 0 atom stereocenters. The van der Waals surface area contributed by atoms with E-state index in [2.05, 4.69) is 5.32 Å². The van der Waals surface area contributed by atoms with Crippen molar-refractivity contribution in [1.29, 1.82) is 0 Å². The van der Waals surface area contributed by atoms with Gasteiger partial charge in [0.1, 0.15) is 0 Å². The Balaban J connectivity index is 1.89. The van der Waals surface area contributed by atoms with E-state index < -0.39 is 34.1 Å². The van der Waals surface area contributed by atoms with Crippen molar-refractivity contribution in [3.63, 3.8) is 0 Å². The van der Waals surface area contributed by atoms with Crippen molar-refractivity contribution in [3.8, 4) is 0 Å². The molecule has 0 bridgehead atoms. The predicted octanol–water partition coefficient (Wildman–Crippen LogP) is 4.76. The Morgan fingerprint density at radius 2 is 1.68 bits per heavy atom. The number of nitrogens with one attached hydrogen (secondary N) is 1. The molecule has 31 heavy (non-hydrogen) atoms. The van der Waals surface area contributed by atoms with Crippen molar-refractivity contribution in [1.82, 2.24) is 4.31 Å². The molecule has 0 aliphatic carbocycles. The fourth-order valence-electron chi connectivity index (χ4n) is 2.89. The van der Waals surface area contributed by atoms with Crippen LogP contribution in [0.25, 0.3) is 0 Å². The first-order chi connectivity index (χ1) is 14.7. The number of carbonyl (C=O) groups excluding carboxylic acids is 1. The summed E-state index contributed by atoms with van der Waals surface area (Å²) in [5.74, 6) is -2.87. The summed E-state index contributed by atoms with van der Waals surface area (Å²) in [6, 6.07) is 15.7. The van der Waals surface area contributed by atoms with Gasteiger partial charge in [-0.15, -0.1) is 0 Å². The molecular formula is C22H19ClF2N2O3S. The van der Waals surface area contributed by atoms with Gasteiger partial charge in [-0.05, 0) is 54.4 Å². The lowest BCUT2D eigenvalue weighted by molar-refractivity contribution is -0.116. The molecule has 0 heterocycles. The third-order valence-electron chi connectivity index (χ3n) is 4.58. The van der Waals surface area contributed by atoms with Crippen LogP contribution in [0.4, 0.5) is 14.5 Å². The Hall–Kier alpha value is -2.81. The van der Waals surface area contributed by atoms with Crippen LogP contribution < -0.4 is 5.32 Å². The number of sulfonamides is 1. The van der Waals surface area contributed by atoms with Crippen LogP contribution in [0.15, 0.2) is 71.6 Å². The monoisotopic (exact) mass is 464 g/mol. The topological polar surface area (TPSA) is 66.5 Å². The van der Waals surface area contributed by atoms with E-state index >= 15 is 0 Å². The second-order valence-electron chi connectivity index (χ2n) is 6.83. The molecule has 3 rings (SSSR count). The van der Waals surface area contributed by atoms with Crippen LogP contribution in [0.1, 0.15) is 11.1 Å². The van der Waals surface area contributed by atoms with Crippen molar-refractivity contribution < 1.29 is 22.0 Å². The fraction of sp³-hybridized carbons (Fsp3) is 0.136. The molecule has 5 nitrogen and oxygen atoms in total. The number of carbonyl (C=O) groups is 1. The molecule has 1 amide bonds. The summed E-state index contributed by atoms with van der Waals surface area (Å²) in [7, 11) is -4.06. The highest BCUT2D eigenvalue weighted by Gasteiger charge is 2.27. The fourth-order valence-corrected chi connectivity index (χ4v) is 4.39. The summed E-state index contributed by atoms with van der Waals surface area (Å²) >= 11 is 5.86. The Labute approximate surface area is 184 Å². The molecule has 3 aromatic rings. The van der Waals surface area contributed by atoms with Gasteiger partial charge >= 0.3 is 0 Å². The van der Waals surface area contributed by atoms with E-state index in [1.165, 1.54) is 30.3 Å². The van der Waals surface area contributed by atoms with Crippen molar-refractivity contribution in [2.75, 3.05) is 11.9 Å². The number of halogens is 3. The van der Waals surface area contributed by atoms with Gasteiger partial charge in [-0.3, -0.25) is 4.79 Å². The van der Waals surface area contributed by atoms with Gasteiger partial charge in [0.15, 0.2) is 11.6 Å². The molecule has 0 aliphatic rings. The molecule has 0 fully saturated rings. The summed E-state index contributed by atoms with van der Waals surface area (Å²) in [5.41, 5.74) is 1.60. The summed E-state index contributed by atoms with van der Waals surface area (Å²) < 4.78 is 54.0. The Kier molecular flexibility index (Phi) is 7.04. The van der Waals surface area contributed by atoms with E-state index in [4.69, 9.17) is 11.6 Å². The Morgan fingerprint density at radius 1 is 1.00 bits per heavy atom. The van der Waals surface area contributed by atoms with Gasteiger partial charge in [0.25, 0.3) is 0 Å². The lowest BCUT2D eigenvalue weighted by atomic mass is 10.1. The first kappa shape index (κ1) is 22.9.